The molecule has 3 aromatic heterocycles. The van der Waals surface area contributed by atoms with E-state index in [4.69, 9.17) is 20.4 Å². The first-order valence-electron chi connectivity index (χ1n) is 15.6. The molecule has 0 amide bonds. The van der Waals surface area contributed by atoms with Gasteiger partial charge in [-0.25, -0.2) is 15.0 Å². The number of hydrogen-bond acceptors (Lipinski definition) is 9. The Hall–Kier alpha value is -5.35. The number of hydrogen-bond donors (Lipinski definition) is 1. The van der Waals surface area contributed by atoms with Gasteiger partial charge in [0, 0.05) is 49.7 Å². The van der Waals surface area contributed by atoms with Crippen molar-refractivity contribution < 1.29 is 4.74 Å². The molecule has 10 nitrogen and oxygen atoms in total. The van der Waals surface area contributed by atoms with E-state index in [1.165, 1.54) is 12.7 Å². The fraction of sp³-hybridized carbons (Fsp3) is 0.250. The van der Waals surface area contributed by atoms with Crippen molar-refractivity contribution >= 4 is 22.7 Å². The number of aromatic nitrogens is 4. The van der Waals surface area contributed by atoms with Crippen LogP contribution in [0.25, 0.3) is 39.5 Å². The molecule has 46 heavy (non-hydrogen) atoms. The van der Waals surface area contributed by atoms with Crippen molar-refractivity contribution in [3.63, 3.8) is 0 Å². The van der Waals surface area contributed by atoms with Gasteiger partial charge in [0.25, 0.3) is 10.9 Å². The molecule has 1 saturated heterocycles. The minimum atomic E-state index is -0.524. The molecule has 7 rings (SSSR count). The van der Waals surface area contributed by atoms with Crippen LogP contribution in [-0.4, -0.2) is 57.2 Å². The Morgan fingerprint density at radius 1 is 0.913 bits per heavy atom. The monoisotopic (exact) mass is 613 g/mol. The second-order valence-electron chi connectivity index (χ2n) is 11.6. The van der Waals surface area contributed by atoms with Gasteiger partial charge < -0.3 is 15.4 Å². The summed E-state index contributed by atoms with van der Waals surface area (Å²) in [6, 6.07) is 26.6. The zero-order valence-electron chi connectivity index (χ0n) is 25.9. The van der Waals surface area contributed by atoms with E-state index >= 15 is 0 Å². The van der Waals surface area contributed by atoms with Gasteiger partial charge in [0.1, 0.15) is 17.0 Å². The second kappa shape index (κ2) is 12.2. The van der Waals surface area contributed by atoms with Crippen molar-refractivity contribution in [2.75, 3.05) is 37.4 Å². The number of nitrogens with zero attached hydrogens (tertiary/aromatic N) is 6. The highest BCUT2D eigenvalue weighted by Gasteiger charge is 2.32. The highest BCUT2D eigenvalue weighted by Crippen LogP contribution is 2.32. The van der Waals surface area contributed by atoms with E-state index in [0.717, 1.165) is 66.1 Å². The maximum atomic E-state index is 12.3. The summed E-state index contributed by atoms with van der Waals surface area (Å²) in [7, 11) is 1.45. The van der Waals surface area contributed by atoms with Crippen molar-refractivity contribution in [2.24, 2.45) is 0 Å². The predicted molar refractivity (Wildman–Crippen MR) is 181 cm³/mol. The number of likely N-dealkylation sites (tertiary alicyclic amines) is 1. The molecule has 1 aliphatic rings. The van der Waals surface area contributed by atoms with Gasteiger partial charge in [0.05, 0.1) is 18.4 Å². The fourth-order valence-electron chi connectivity index (χ4n) is 6.56. The summed E-state index contributed by atoms with van der Waals surface area (Å²) in [4.78, 5) is 43.0. The average Bonchev–Trinajstić information content (AvgIpc) is 3.48. The molecule has 0 aliphatic carbocycles. The molecular weight excluding hydrogens is 578 g/mol. The van der Waals surface area contributed by atoms with E-state index < -0.39 is 10.9 Å². The SMILES string of the molecule is CCN(c1c(OC)c(=O)c1=O)C1CCN(Cc2ccc(-n3c(-c4cccnc4N)nc4ccc(-c5ccccc5)nc43)cc2)CC1. The fourth-order valence-corrected chi connectivity index (χ4v) is 6.56. The van der Waals surface area contributed by atoms with Crippen molar-refractivity contribution in [2.45, 2.75) is 32.4 Å². The molecule has 1 aliphatic heterocycles. The van der Waals surface area contributed by atoms with Crippen molar-refractivity contribution in [3.05, 3.63) is 111 Å². The number of nitrogen functional groups attached to an aromatic ring is 1. The summed E-state index contributed by atoms with van der Waals surface area (Å²) in [5.41, 5.74) is 12.1. The lowest BCUT2D eigenvalue weighted by Gasteiger charge is -2.39. The highest BCUT2D eigenvalue weighted by atomic mass is 16.5. The Bertz CT molecular complexity index is 2070. The molecule has 0 saturated carbocycles. The van der Waals surface area contributed by atoms with Gasteiger partial charge in [-0.2, -0.15) is 0 Å². The van der Waals surface area contributed by atoms with Crippen LogP contribution in [0.15, 0.2) is 94.6 Å². The molecule has 6 aromatic rings. The molecular formula is C36H35N7O3. The smallest absolute Gasteiger partial charge is 0.272 e. The lowest BCUT2D eigenvalue weighted by atomic mass is 10.0. The largest absolute Gasteiger partial charge is 0.491 e. The van der Waals surface area contributed by atoms with Crippen LogP contribution in [0, 0.1) is 0 Å². The summed E-state index contributed by atoms with van der Waals surface area (Å²) in [6.07, 6.45) is 3.48. The van der Waals surface area contributed by atoms with Crippen LogP contribution in [0.5, 0.6) is 5.75 Å². The third-order valence-corrected chi connectivity index (χ3v) is 8.93. The van der Waals surface area contributed by atoms with Gasteiger partial charge in [0.2, 0.25) is 0 Å². The third kappa shape index (κ3) is 5.20. The Balaban J connectivity index is 1.13. The van der Waals surface area contributed by atoms with Crippen molar-refractivity contribution in [3.8, 4) is 34.1 Å². The molecule has 10 heteroatoms. The van der Waals surface area contributed by atoms with E-state index in [1.807, 2.05) is 66.4 Å². The minimum Gasteiger partial charge on any atom is -0.491 e. The topological polar surface area (TPSA) is 119 Å². The van der Waals surface area contributed by atoms with E-state index in [9.17, 15) is 9.59 Å². The number of nitrogens with two attached hydrogens (primary N) is 1. The van der Waals surface area contributed by atoms with Gasteiger partial charge in [-0.05, 0) is 61.7 Å². The Morgan fingerprint density at radius 2 is 1.67 bits per heavy atom. The number of methoxy groups -OCH3 is 1. The van der Waals surface area contributed by atoms with Crippen LogP contribution in [0.4, 0.5) is 11.5 Å². The number of benzene rings is 2. The minimum absolute atomic E-state index is 0.195. The number of fused-ring (bicyclic) bond motifs is 1. The Labute approximate surface area is 266 Å². The summed E-state index contributed by atoms with van der Waals surface area (Å²) >= 11 is 0. The number of pyridine rings is 2. The maximum absolute atomic E-state index is 12.3. The first-order valence-corrected chi connectivity index (χ1v) is 15.6. The Kier molecular flexibility index (Phi) is 7.79. The van der Waals surface area contributed by atoms with E-state index in [-0.39, 0.29) is 11.8 Å². The van der Waals surface area contributed by atoms with E-state index in [1.54, 1.807) is 6.20 Å². The molecule has 1 fully saturated rings. The van der Waals surface area contributed by atoms with Crippen molar-refractivity contribution in [1.29, 1.82) is 0 Å². The lowest BCUT2D eigenvalue weighted by molar-refractivity contribution is 0.201. The van der Waals surface area contributed by atoms with Crippen LogP contribution in [-0.2, 0) is 6.54 Å². The van der Waals surface area contributed by atoms with Crippen LogP contribution < -0.4 is 26.2 Å². The van der Waals surface area contributed by atoms with Crippen LogP contribution in [0.1, 0.15) is 25.3 Å². The van der Waals surface area contributed by atoms with Gasteiger partial charge in [0.15, 0.2) is 17.2 Å². The number of imidazole rings is 1. The average molecular weight is 614 g/mol. The van der Waals surface area contributed by atoms with Crippen LogP contribution in [0.3, 0.4) is 0 Å². The third-order valence-electron chi connectivity index (χ3n) is 8.93. The number of piperidine rings is 1. The van der Waals surface area contributed by atoms with Crippen LogP contribution in [0.2, 0.25) is 0 Å². The lowest BCUT2D eigenvalue weighted by Crippen LogP contribution is -2.49. The molecule has 232 valence electrons. The standard InChI is InChI=1S/C36H35N7O3/c1-3-42(30-31(44)32(45)33(30)46-2)25-17-20-41(21-18-25)22-23-11-13-26(14-12-23)43-35(27-10-7-19-38-34(27)37)40-29-16-15-28(39-36(29)43)24-8-5-4-6-9-24/h4-16,19,25H,3,17-18,20-22H2,1-2H3,(H2,37,38). The molecule has 0 unspecified atom stereocenters. The molecule has 0 atom stereocenters. The summed E-state index contributed by atoms with van der Waals surface area (Å²) in [5.74, 6) is 1.29. The zero-order valence-corrected chi connectivity index (χ0v) is 25.9. The molecule has 0 spiro atoms. The van der Waals surface area contributed by atoms with Gasteiger partial charge in [-0.15, -0.1) is 0 Å². The molecule has 0 radical (unpaired) electrons. The number of anilines is 2. The quantitative estimate of drug-likeness (QED) is 0.229. The maximum Gasteiger partial charge on any atom is 0.272 e. The first kappa shape index (κ1) is 29.4. The normalized spacial score (nSPS) is 14.2. The van der Waals surface area contributed by atoms with Crippen LogP contribution >= 0.6 is 0 Å². The van der Waals surface area contributed by atoms with Gasteiger partial charge >= 0.3 is 0 Å². The molecule has 4 heterocycles. The summed E-state index contributed by atoms with van der Waals surface area (Å²) in [6.45, 7) is 5.27. The van der Waals surface area contributed by atoms with Gasteiger partial charge in [-0.3, -0.25) is 19.1 Å². The Morgan fingerprint density at radius 3 is 2.37 bits per heavy atom. The molecule has 3 aromatic carbocycles. The zero-order chi connectivity index (χ0) is 31.8. The second-order valence-corrected chi connectivity index (χ2v) is 11.6. The number of rotatable bonds is 9. The summed E-state index contributed by atoms with van der Waals surface area (Å²) in [5, 5.41) is 0. The molecule has 2 N–H and O–H groups in total. The number of ether oxygens (including phenoxy) is 1. The van der Waals surface area contributed by atoms with E-state index in [0.29, 0.717) is 23.9 Å². The van der Waals surface area contributed by atoms with Gasteiger partial charge in [-0.1, -0.05) is 42.5 Å². The van der Waals surface area contributed by atoms with Crippen molar-refractivity contribution in [1.82, 2.24) is 24.4 Å². The van der Waals surface area contributed by atoms with E-state index in [2.05, 4.69) is 38.7 Å². The summed E-state index contributed by atoms with van der Waals surface area (Å²) < 4.78 is 7.27. The predicted octanol–water partition coefficient (Wildman–Crippen LogP) is 4.83. The first-order chi connectivity index (χ1) is 22.5. The highest BCUT2D eigenvalue weighted by molar-refractivity contribution is 5.84. The molecule has 0 bridgehead atoms.